The topological polar surface area (TPSA) is 97.8 Å². The van der Waals surface area contributed by atoms with Gasteiger partial charge in [-0.25, -0.2) is 22.3 Å². The van der Waals surface area contributed by atoms with E-state index in [9.17, 15) is 18.1 Å². The highest BCUT2D eigenvalue weighted by molar-refractivity contribution is 7.88. The number of halogens is 1. The van der Waals surface area contributed by atoms with Gasteiger partial charge in [0.2, 0.25) is 10.0 Å². The molecule has 198 valence electrons. The van der Waals surface area contributed by atoms with Gasteiger partial charge in [0.15, 0.2) is 5.13 Å². The second-order valence-corrected chi connectivity index (χ2v) is 12.3. The number of sulfonamides is 1. The standard InChI is InChI=1S/C26H28FN7O2S2/c1-5-21-25(31(3)26-29-24(23(16-28)37-26)18-6-8-19(27)9-7-18)22-15-20(14-17(2)34(22)30-21)32-10-12-33(13-11-32)38(4,35)36/h6-9,14-15H,5,10-13H2,1-4H3. The summed E-state index contributed by atoms with van der Waals surface area (Å²) in [5.41, 5.74) is 5.87. The summed E-state index contributed by atoms with van der Waals surface area (Å²) in [5, 5.41) is 15.3. The first-order chi connectivity index (χ1) is 18.1. The molecule has 1 aromatic carbocycles. The maximum Gasteiger partial charge on any atom is 0.211 e. The molecule has 1 fully saturated rings. The Morgan fingerprint density at radius 2 is 1.84 bits per heavy atom. The average Bonchev–Trinajstić information content (AvgIpc) is 3.50. The van der Waals surface area contributed by atoms with Gasteiger partial charge in [-0.05, 0) is 49.7 Å². The van der Waals surface area contributed by atoms with Gasteiger partial charge >= 0.3 is 0 Å². The van der Waals surface area contributed by atoms with E-state index >= 15 is 0 Å². The number of fused-ring (bicyclic) bond motifs is 1. The van der Waals surface area contributed by atoms with E-state index in [1.54, 1.807) is 12.1 Å². The second kappa shape index (κ2) is 9.98. The molecule has 1 aliphatic heterocycles. The molecule has 0 bridgehead atoms. The number of pyridine rings is 1. The van der Waals surface area contributed by atoms with Gasteiger partial charge in [0.05, 0.1) is 23.2 Å². The Hall–Kier alpha value is -3.53. The maximum atomic E-state index is 13.5. The molecule has 0 saturated carbocycles. The molecule has 38 heavy (non-hydrogen) atoms. The first-order valence-corrected chi connectivity index (χ1v) is 14.9. The third kappa shape index (κ3) is 4.73. The van der Waals surface area contributed by atoms with Crippen LogP contribution < -0.4 is 9.80 Å². The number of hydrogen-bond donors (Lipinski definition) is 0. The Bertz CT molecular complexity index is 1650. The van der Waals surface area contributed by atoms with Crippen LogP contribution in [0.25, 0.3) is 16.8 Å². The molecule has 0 N–H and O–H groups in total. The van der Waals surface area contributed by atoms with E-state index in [1.807, 2.05) is 30.3 Å². The van der Waals surface area contributed by atoms with Crippen molar-refractivity contribution in [3.8, 4) is 17.3 Å². The number of thiazole rings is 1. The lowest BCUT2D eigenvalue weighted by molar-refractivity contribution is 0.388. The number of aryl methyl sites for hydroxylation is 2. The highest BCUT2D eigenvalue weighted by Crippen LogP contribution is 2.39. The summed E-state index contributed by atoms with van der Waals surface area (Å²) in [5.74, 6) is -0.345. The summed E-state index contributed by atoms with van der Waals surface area (Å²) in [6.45, 7) is 6.13. The number of aromatic nitrogens is 3. The van der Waals surface area contributed by atoms with Gasteiger partial charge in [-0.2, -0.15) is 14.7 Å². The molecule has 4 heterocycles. The Kier molecular flexibility index (Phi) is 6.85. The Balaban J connectivity index is 1.55. The van der Waals surface area contributed by atoms with Crippen LogP contribution in [0.3, 0.4) is 0 Å². The first-order valence-electron chi connectivity index (χ1n) is 12.2. The maximum absolute atomic E-state index is 13.5. The van der Waals surface area contributed by atoms with Gasteiger partial charge in [-0.15, -0.1) is 0 Å². The summed E-state index contributed by atoms with van der Waals surface area (Å²) in [6.07, 6.45) is 1.95. The lowest BCUT2D eigenvalue weighted by Crippen LogP contribution is -2.48. The van der Waals surface area contributed by atoms with Crippen LogP contribution in [-0.4, -0.2) is 66.8 Å². The van der Waals surface area contributed by atoms with Crippen LogP contribution in [0.5, 0.6) is 0 Å². The van der Waals surface area contributed by atoms with Gasteiger partial charge < -0.3 is 9.80 Å². The number of rotatable bonds is 6. The van der Waals surface area contributed by atoms with Crippen molar-refractivity contribution in [2.45, 2.75) is 20.3 Å². The molecule has 1 saturated heterocycles. The number of nitriles is 1. The molecule has 0 unspecified atom stereocenters. The molecular formula is C26H28FN7O2S2. The summed E-state index contributed by atoms with van der Waals surface area (Å²) < 4.78 is 40.8. The molecule has 0 aliphatic carbocycles. The van der Waals surface area contributed by atoms with Crippen molar-refractivity contribution in [3.05, 3.63) is 58.5 Å². The van der Waals surface area contributed by atoms with Crippen molar-refractivity contribution in [2.24, 2.45) is 0 Å². The van der Waals surface area contributed by atoms with E-state index in [-0.39, 0.29) is 5.82 Å². The predicted octanol–water partition coefficient (Wildman–Crippen LogP) is 4.19. The highest BCUT2D eigenvalue weighted by Gasteiger charge is 2.26. The lowest BCUT2D eigenvalue weighted by Gasteiger charge is -2.35. The number of anilines is 3. The normalized spacial score (nSPS) is 14.7. The van der Waals surface area contributed by atoms with Crippen LogP contribution in [0, 0.1) is 24.1 Å². The Morgan fingerprint density at radius 3 is 2.45 bits per heavy atom. The number of benzene rings is 1. The van der Waals surface area contributed by atoms with Crippen LogP contribution in [0.15, 0.2) is 36.4 Å². The largest absolute Gasteiger partial charge is 0.369 e. The van der Waals surface area contributed by atoms with Gasteiger partial charge in [0.25, 0.3) is 0 Å². The molecule has 0 atom stereocenters. The summed E-state index contributed by atoms with van der Waals surface area (Å²) >= 11 is 1.28. The van der Waals surface area contributed by atoms with Gasteiger partial charge in [-0.3, -0.25) is 0 Å². The van der Waals surface area contributed by atoms with E-state index in [4.69, 9.17) is 10.1 Å². The van der Waals surface area contributed by atoms with E-state index in [0.717, 1.165) is 28.3 Å². The average molecular weight is 554 g/mol. The van der Waals surface area contributed by atoms with Gasteiger partial charge in [0, 0.05) is 50.2 Å². The van der Waals surface area contributed by atoms with E-state index in [0.29, 0.717) is 53.9 Å². The van der Waals surface area contributed by atoms with Crippen molar-refractivity contribution in [1.29, 1.82) is 5.26 Å². The molecular weight excluding hydrogens is 525 g/mol. The van der Waals surface area contributed by atoms with Gasteiger partial charge in [0.1, 0.15) is 22.5 Å². The van der Waals surface area contributed by atoms with Crippen LogP contribution >= 0.6 is 11.3 Å². The molecule has 0 radical (unpaired) electrons. The number of hydrogen-bond acceptors (Lipinski definition) is 8. The molecule has 3 aromatic heterocycles. The summed E-state index contributed by atoms with van der Waals surface area (Å²) in [4.78, 5) is 9.39. The molecule has 0 amide bonds. The minimum absolute atomic E-state index is 0.345. The zero-order chi connectivity index (χ0) is 27.2. The molecule has 5 rings (SSSR count). The number of nitrogens with zero attached hydrogens (tertiary/aromatic N) is 7. The SMILES string of the molecule is CCc1nn2c(C)cc(N3CCN(S(C)(=O)=O)CC3)cc2c1N(C)c1nc(-c2ccc(F)cc2)c(C#N)s1. The minimum atomic E-state index is -3.21. The Morgan fingerprint density at radius 1 is 1.16 bits per heavy atom. The smallest absolute Gasteiger partial charge is 0.211 e. The van der Waals surface area contributed by atoms with Crippen molar-refractivity contribution in [2.75, 3.05) is 49.3 Å². The third-order valence-electron chi connectivity index (χ3n) is 6.81. The Labute approximate surface area is 225 Å². The zero-order valence-electron chi connectivity index (χ0n) is 21.6. The van der Waals surface area contributed by atoms with Crippen molar-refractivity contribution >= 4 is 43.4 Å². The van der Waals surface area contributed by atoms with E-state index in [1.165, 1.54) is 34.0 Å². The van der Waals surface area contributed by atoms with Crippen molar-refractivity contribution < 1.29 is 12.8 Å². The minimum Gasteiger partial charge on any atom is -0.369 e. The second-order valence-electron chi connectivity index (χ2n) is 9.30. The lowest BCUT2D eigenvalue weighted by atomic mass is 10.1. The summed E-state index contributed by atoms with van der Waals surface area (Å²) in [6, 6.07) is 12.4. The molecule has 12 heteroatoms. The van der Waals surface area contributed by atoms with Crippen LogP contribution in [0.4, 0.5) is 20.9 Å². The highest BCUT2D eigenvalue weighted by atomic mass is 32.2. The van der Waals surface area contributed by atoms with Crippen molar-refractivity contribution in [3.63, 3.8) is 0 Å². The fraction of sp³-hybridized carbons (Fsp3) is 0.346. The molecule has 9 nitrogen and oxygen atoms in total. The quantitative estimate of drug-likeness (QED) is 0.353. The van der Waals surface area contributed by atoms with Crippen LogP contribution in [0.1, 0.15) is 23.2 Å². The number of piperazine rings is 1. The predicted molar refractivity (Wildman–Crippen MR) is 148 cm³/mol. The van der Waals surface area contributed by atoms with Crippen molar-refractivity contribution in [1.82, 2.24) is 18.9 Å². The monoisotopic (exact) mass is 553 g/mol. The molecule has 0 spiro atoms. The third-order valence-corrected chi connectivity index (χ3v) is 9.15. The van der Waals surface area contributed by atoms with Gasteiger partial charge in [-0.1, -0.05) is 18.3 Å². The van der Waals surface area contributed by atoms with Crippen LogP contribution in [-0.2, 0) is 16.4 Å². The van der Waals surface area contributed by atoms with Crippen LogP contribution in [0.2, 0.25) is 0 Å². The molecule has 1 aliphatic rings. The fourth-order valence-electron chi connectivity index (χ4n) is 4.82. The first kappa shape index (κ1) is 26.1. The molecule has 4 aromatic rings. The zero-order valence-corrected chi connectivity index (χ0v) is 23.3. The van der Waals surface area contributed by atoms with E-state index < -0.39 is 10.0 Å². The summed E-state index contributed by atoms with van der Waals surface area (Å²) in [7, 11) is -1.30. The van der Waals surface area contributed by atoms with E-state index in [2.05, 4.69) is 23.1 Å². The fourth-order valence-corrected chi connectivity index (χ4v) is 6.50.